The number of hydrogen-bond donors (Lipinski definition) is 1. The molecule has 108 valence electrons. The monoisotopic (exact) mass is 287 g/mol. The first kappa shape index (κ1) is 14.7. The molecule has 0 aliphatic carbocycles. The van der Waals surface area contributed by atoms with Crippen molar-refractivity contribution < 1.29 is 9.18 Å². The van der Waals surface area contributed by atoms with E-state index in [9.17, 15) is 9.18 Å². The molecule has 1 aromatic carbocycles. The third kappa shape index (κ3) is 3.86. The zero-order chi connectivity index (χ0) is 15.5. The summed E-state index contributed by atoms with van der Waals surface area (Å²) in [5.41, 5.74) is -0.164. The molecule has 1 N–H and O–H groups in total. The molecule has 7 heteroatoms. The molecule has 1 amide bonds. The number of rotatable bonds is 4. The Labute approximate surface area is 121 Å². The molecule has 0 unspecified atom stereocenters. The van der Waals surface area contributed by atoms with Gasteiger partial charge >= 0.3 is 0 Å². The topological polar surface area (TPSA) is 83.6 Å². The minimum Gasteiger partial charge on any atom is -0.333 e. The van der Waals surface area contributed by atoms with E-state index >= 15 is 0 Å². The number of nitriles is 1. The van der Waals surface area contributed by atoms with Crippen molar-refractivity contribution in [3.63, 3.8) is 0 Å². The van der Waals surface area contributed by atoms with Crippen LogP contribution < -0.4 is 5.32 Å². The summed E-state index contributed by atoms with van der Waals surface area (Å²) >= 11 is 0. The standard InChI is InChI=1S/C14H14FN5O/c1-14(2,9-16)17-13(21)12-8-20(19-18-12)7-10-4-3-5-11(15)6-10/h3-6,8H,7H2,1-2H3,(H,17,21). The van der Waals surface area contributed by atoms with Crippen LogP contribution >= 0.6 is 0 Å². The van der Waals surface area contributed by atoms with Gasteiger partial charge in [0, 0.05) is 0 Å². The van der Waals surface area contributed by atoms with Gasteiger partial charge in [-0.2, -0.15) is 5.26 Å². The van der Waals surface area contributed by atoms with Gasteiger partial charge in [0.05, 0.1) is 18.8 Å². The molecule has 0 bridgehead atoms. The molecule has 0 spiro atoms. The Morgan fingerprint density at radius 1 is 1.52 bits per heavy atom. The lowest BCUT2D eigenvalue weighted by atomic mass is 10.1. The first-order valence-electron chi connectivity index (χ1n) is 6.28. The molecular formula is C14H14FN5O. The Bertz CT molecular complexity index is 701. The fraction of sp³-hybridized carbons (Fsp3) is 0.286. The number of nitrogens with zero attached hydrogens (tertiary/aromatic N) is 4. The van der Waals surface area contributed by atoms with Crippen LogP contribution in [0.2, 0.25) is 0 Å². The van der Waals surface area contributed by atoms with Crippen molar-refractivity contribution in [3.8, 4) is 6.07 Å². The van der Waals surface area contributed by atoms with Crippen LogP contribution in [0.3, 0.4) is 0 Å². The van der Waals surface area contributed by atoms with E-state index in [0.717, 1.165) is 0 Å². The van der Waals surface area contributed by atoms with Crippen LogP contribution in [0.1, 0.15) is 29.9 Å². The van der Waals surface area contributed by atoms with E-state index in [4.69, 9.17) is 5.26 Å². The molecule has 1 aromatic heterocycles. The predicted octanol–water partition coefficient (Wildman–Crippen LogP) is 1.50. The number of carbonyl (C=O) groups is 1. The molecule has 2 aromatic rings. The quantitative estimate of drug-likeness (QED) is 0.923. The van der Waals surface area contributed by atoms with Crippen LogP contribution in [0.15, 0.2) is 30.5 Å². The van der Waals surface area contributed by atoms with Gasteiger partial charge < -0.3 is 5.32 Å². The first-order chi connectivity index (χ1) is 9.89. The lowest BCUT2D eigenvalue weighted by Gasteiger charge is -2.15. The maximum atomic E-state index is 13.1. The van der Waals surface area contributed by atoms with E-state index in [-0.39, 0.29) is 11.5 Å². The second-order valence-electron chi connectivity index (χ2n) is 5.12. The molecule has 0 atom stereocenters. The highest BCUT2D eigenvalue weighted by atomic mass is 19.1. The van der Waals surface area contributed by atoms with Crippen LogP contribution in [-0.4, -0.2) is 26.4 Å². The molecule has 0 radical (unpaired) electrons. The molecule has 0 saturated heterocycles. The zero-order valence-electron chi connectivity index (χ0n) is 11.7. The number of carbonyl (C=O) groups excluding carboxylic acids is 1. The third-order valence-corrected chi connectivity index (χ3v) is 2.71. The van der Waals surface area contributed by atoms with Gasteiger partial charge in [-0.1, -0.05) is 17.3 Å². The predicted molar refractivity (Wildman–Crippen MR) is 72.7 cm³/mol. The van der Waals surface area contributed by atoms with Crippen LogP contribution in [0.5, 0.6) is 0 Å². The second-order valence-corrected chi connectivity index (χ2v) is 5.12. The van der Waals surface area contributed by atoms with Crippen molar-refractivity contribution >= 4 is 5.91 Å². The third-order valence-electron chi connectivity index (χ3n) is 2.71. The maximum Gasteiger partial charge on any atom is 0.274 e. The summed E-state index contributed by atoms with van der Waals surface area (Å²) < 4.78 is 14.5. The molecule has 2 rings (SSSR count). The van der Waals surface area contributed by atoms with E-state index in [0.29, 0.717) is 12.1 Å². The summed E-state index contributed by atoms with van der Waals surface area (Å²) in [6.07, 6.45) is 1.45. The van der Waals surface area contributed by atoms with Gasteiger partial charge in [0.15, 0.2) is 5.69 Å². The Morgan fingerprint density at radius 2 is 2.29 bits per heavy atom. The number of aromatic nitrogens is 3. The molecule has 6 nitrogen and oxygen atoms in total. The normalized spacial score (nSPS) is 11.0. The van der Waals surface area contributed by atoms with Crippen LogP contribution in [0.4, 0.5) is 4.39 Å². The largest absolute Gasteiger partial charge is 0.333 e. The molecule has 1 heterocycles. The lowest BCUT2D eigenvalue weighted by Crippen LogP contribution is -2.42. The Hall–Kier alpha value is -2.75. The maximum absolute atomic E-state index is 13.1. The van der Waals surface area contributed by atoms with Crippen LogP contribution in [0.25, 0.3) is 0 Å². The number of nitrogens with one attached hydrogen (secondary N) is 1. The van der Waals surface area contributed by atoms with E-state index in [1.54, 1.807) is 26.0 Å². The number of halogens is 1. The SMILES string of the molecule is CC(C)(C#N)NC(=O)c1cn(Cc2cccc(F)c2)nn1. The van der Waals surface area contributed by atoms with Crippen molar-refractivity contribution in [2.75, 3.05) is 0 Å². The van der Waals surface area contributed by atoms with E-state index < -0.39 is 11.4 Å². The summed E-state index contributed by atoms with van der Waals surface area (Å²) in [7, 11) is 0. The first-order valence-corrected chi connectivity index (χ1v) is 6.28. The van der Waals surface area contributed by atoms with Crippen molar-refractivity contribution in [2.45, 2.75) is 25.9 Å². The summed E-state index contributed by atoms with van der Waals surface area (Å²) in [6, 6.07) is 8.07. The summed E-state index contributed by atoms with van der Waals surface area (Å²) in [4.78, 5) is 11.9. The van der Waals surface area contributed by atoms with Crippen molar-refractivity contribution in [1.82, 2.24) is 20.3 Å². The highest BCUT2D eigenvalue weighted by Crippen LogP contribution is 2.06. The Morgan fingerprint density at radius 3 is 2.95 bits per heavy atom. The molecule has 0 aliphatic rings. The second kappa shape index (κ2) is 5.71. The van der Waals surface area contributed by atoms with Gasteiger partial charge in [-0.3, -0.25) is 4.79 Å². The lowest BCUT2D eigenvalue weighted by molar-refractivity contribution is 0.0924. The Balaban J connectivity index is 2.08. The fourth-order valence-electron chi connectivity index (χ4n) is 1.68. The highest BCUT2D eigenvalue weighted by molar-refractivity contribution is 5.92. The van der Waals surface area contributed by atoms with Gasteiger partial charge in [-0.25, -0.2) is 9.07 Å². The molecule has 0 saturated carbocycles. The van der Waals surface area contributed by atoms with Gasteiger partial charge in [-0.05, 0) is 31.5 Å². The molecular weight excluding hydrogens is 273 g/mol. The fourth-order valence-corrected chi connectivity index (χ4v) is 1.68. The highest BCUT2D eigenvalue weighted by Gasteiger charge is 2.22. The van der Waals surface area contributed by atoms with Gasteiger partial charge in [-0.15, -0.1) is 5.10 Å². The summed E-state index contributed by atoms with van der Waals surface area (Å²) in [5, 5.41) is 19.0. The van der Waals surface area contributed by atoms with Gasteiger partial charge in [0.1, 0.15) is 11.4 Å². The van der Waals surface area contributed by atoms with Crippen molar-refractivity contribution in [2.24, 2.45) is 0 Å². The Kier molecular flexibility index (Phi) is 3.98. The number of hydrogen-bond acceptors (Lipinski definition) is 4. The van der Waals surface area contributed by atoms with Crippen LogP contribution in [0, 0.1) is 17.1 Å². The molecule has 0 aliphatic heterocycles. The van der Waals surface area contributed by atoms with Crippen molar-refractivity contribution in [1.29, 1.82) is 5.26 Å². The number of benzene rings is 1. The average molecular weight is 287 g/mol. The van der Waals surface area contributed by atoms with E-state index in [2.05, 4.69) is 15.6 Å². The molecule has 0 fully saturated rings. The smallest absolute Gasteiger partial charge is 0.274 e. The van der Waals surface area contributed by atoms with E-state index in [1.165, 1.54) is 23.0 Å². The van der Waals surface area contributed by atoms with Gasteiger partial charge in [0.25, 0.3) is 5.91 Å². The van der Waals surface area contributed by atoms with Crippen LogP contribution in [-0.2, 0) is 6.54 Å². The minimum absolute atomic E-state index is 0.106. The molecule has 21 heavy (non-hydrogen) atoms. The average Bonchev–Trinajstić information content (AvgIpc) is 2.87. The minimum atomic E-state index is -0.983. The van der Waals surface area contributed by atoms with Gasteiger partial charge in [0.2, 0.25) is 0 Å². The number of amides is 1. The van der Waals surface area contributed by atoms with E-state index in [1.807, 2.05) is 6.07 Å². The summed E-state index contributed by atoms with van der Waals surface area (Å²) in [5.74, 6) is -0.812. The summed E-state index contributed by atoms with van der Waals surface area (Å²) in [6.45, 7) is 3.48. The van der Waals surface area contributed by atoms with Crippen molar-refractivity contribution in [3.05, 3.63) is 47.5 Å². The zero-order valence-corrected chi connectivity index (χ0v) is 11.7.